The van der Waals surface area contributed by atoms with Gasteiger partial charge in [0, 0.05) is 12.1 Å². The van der Waals surface area contributed by atoms with Gasteiger partial charge in [0.25, 0.3) is 0 Å². The standard InChI is InChI=1S/C21H20FNO2/c22-21-11-6-17(13-23)12-18(21)15-25-20-9-7-19(8-10-20)24-14-16-4-2-1-3-5-16/h1-12H,13-15,23H2. The normalized spacial score (nSPS) is 10.5. The van der Waals surface area contributed by atoms with Gasteiger partial charge in [0.05, 0.1) is 0 Å². The number of halogens is 1. The Kier molecular flexibility index (Phi) is 5.65. The van der Waals surface area contributed by atoms with Crippen LogP contribution in [0.15, 0.2) is 72.8 Å². The van der Waals surface area contributed by atoms with Gasteiger partial charge in [-0.25, -0.2) is 4.39 Å². The zero-order valence-corrected chi connectivity index (χ0v) is 13.8. The first-order chi connectivity index (χ1) is 12.2. The lowest BCUT2D eigenvalue weighted by Gasteiger charge is -2.10. The fourth-order valence-corrected chi connectivity index (χ4v) is 2.40. The lowest BCUT2D eigenvalue weighted by molar-refractivity contribution is 0.293. The van der Waals surface area contributed by atoms with Crippen LogP contribution in [0.3, 0.4) is 0 Å². The van der Waals surface area contributed by atoms with Crippen LogP contribution in [0, 0.1) is 5.82 Å². The number of nitrogens with two attached hydrogens (primary N) is 1. The minimum Gasteiger partial charge on any atom is -0.489 e. The molecule has 2 N–H and O–H groups in total. The molecule has 0 atom stereocenters. The second-order valence-electron chi connectivity index (χ2n) is 5.66. The van der Waals surface area contributed by atoms with Gasteiger partial charge in [0.15, 0.2) is 0 Å². The number of rotatable bonds is 7. The zero-order chi connectivity index (χ0) is 17.5. The molecule has 0 aliphatic carbocycles. The molecule has 3 aromatic carbocycles. The lowest BCUT2D eigenvalue weighted by Crippen LogP contribution is -2.02. The summed E-state index contributed by atoms with van der Waals surface area (Å²) in [4.78, 5) is 0. The van der Waals surface area contributed by atoms with Crippen LogP contribution in [-0.4, -0.2) is 0 Å². The van der Waals surface area contributed by atoms with Crippen LogP contribution in [0.4, 0.5) is 4.39 Å². The first-order valence-electron chi connectivity index (χ1n) is 8.11. The highest BCUT2D eigenvalue weighted by Crippen LogP contribution is 2.20. The second-order valence-corrected chi connectivity index (χ2v) is 5.66. The molecule has 0 aliphatic rings. The first kappa shape index (κ1) is 17.0. The van der Waals surface area contributed by atoms with E-state index in [4.69, 9.17) is 15.2 Å². The van der Waals surface area contributed by atoms with Crippen LogP contribution >= 0.6 is 0 Å². The highest BCUT2D eigenvalue weighted by molar-refractivity contribution is 5.32. The van der Waals surface area contributed by atoms with E-state index < -0.39 is 0 Å². The Hall–Kier alpha value is -2.85. The summed E-state index contributed by atoms with van der Waals surface area (Å²) < 4.78 is 25.2. The number of hydrogen-bond acceptors (Lipinski definition) is 3. The summed E-state index contributed by atoms with van der Waals surface area (Å²) >= 11 is 0. The van der Waals surface area contributed by atoms with Crippen molar-refractivity contribution in [1.29, 1.82) is 0 Å². The van der Waals surface area contributed by atoms with Crippen molar-refractivity contribution in [2.75, 3.05) is 0 Å². The van der Waals surface area contributed by atoms with Gasteiger partial charge in [0.1, 0.15) is 30.5 Å². The van der Waals surface area contributed by atoms with Gasteiger partial charge in [-0.2, -0.15) is 0 Å². The highest BCUT2D eigenvalue weighted by atomic mass is 19.1. The fourth-order valence-electron chi connectivity index (χ4n) is 2.40. The average molecular weight is 337 g/mol. The summed E-state index contributed by atoms with van der Waals surface area (Å²) in [6, 6.07) is 22.1. The van der Waals surface area contributed by atoms with Crippen LogP contribution in [0.2, 0.25) is 0 Å². The van der Waals surface area contributed by atoms with Gasteiger partial charge in [0.2, 0.25) is 0 Å². The molecule has 0 spiro atoms. The highest BCUT2D eigenvalue weighted by Gasteiger charge is 2.05. The minimum absolute atomic E-state index is 0.157. The van der Waals surface area contributed by atoms with Crippen LogP contribution in [0.1, 0.15) is 16.7 Å². The summed E-state index contributed by atoms with van der Waals surface area (Å²) in [5.74, 6) is 1.12. The van der Waals surface area contributed by atoms with Crippen molar-refractivity contribution in [2.24, 2.45) is 5.73 Å². The Morgan fingerprint density at radius 1 is 0.720 bits per heavy atom. The van der Waals surface area contributed by atoms with E-state index >= 15 is 0 Å². The van der Waals surface area contributed by atoms with E-state index in [0.29, 0.717) is 24.5 Å². The topological polar surface area (TPSA) is 44.5 Å². The van der Waals surface area contributed by atoms with Gasteiger partial charge in [-0.05, 0) is 47.5 Å². The van der Waals surface area contributed by atoms with E-state index in [-0.39, 0.29) is 12.4 Å². The van der Waals surface area contributed by atoms with Gasteiger partial charge in [-0.15, -0.1) is 0 Å². The number of benzene rings is 3. The van der Waals surface area contributed by atoms with Gasteiger partial charge >= 0.3 is 0 Å². The minimum atomic E-state index is -0.292. The molecule has 0 amide bonds. The molecule has 0 radical (unpaired) electrons. The number of ether oxygens (including phenoxy) is 2. The van der Waals surface area contributed by atoms with E-state index in [1.165, 1.54) is 6.07 Å². The van der Waals surface area contributed by atoms with E-state index in [1.54, 1.807) is 12.1 Å². The summed E-state index contributed by atoms with van der Waals surface area (Å²) in [6.45, 7) is 1.04. The van der Waals surface area contributed by atoms with Gasteiger partial charge in [-0.3, -0.25) is 0 Å². The Balaban J connectivity index is 1.56. The molecule has 3 rings (SSSR count). The van der Waals surface area contributed by atoms with E-state index in [2.05, 4.69) is 0 Å². The second kappa shape index (κ2) is 8.31. The Morgan fingerprint density at radius 3 is 2.00 bits per heavy atom. The zero-order valence-electron chi connectivity index (χ0n) is 13.8. The SMILES string of the molecule is NCc1ccc(F)c(COc2ccc(OCc3ccccc3)cc2)c1. The molecule has 0 heterocycles. The third-order valence-electron chi connectivity index (χ3n) is 3.81. The predicted molar refractivity (Wildman–Crippen MR) is 95.8 cm³/mol. The molecule has 0 aromatic heterocycles. The smallest absolute Gasteiger partial charge is 0.129 e. The Bertz CT molecular complexity index is 804. The van der Waals surface area contributed by atoms with Crippen LogP contribution in [0.25, 0.3) is 0 Å². The van der Waals surface area contributed by atoms with Gasteiger partial charge < -0.3 is 15.2 Å². The Morgan fingerprint density at radius 2 is 1.36 bits per heavy atom. The summed E-state index contributed by atoms with van der Waals surface area (Å²) in [7, 11) is 0. The molecule has 0 fully saturated rings. The van der Waals surface area contributed by atoms with Crippen molar-refractivity contribution >= 4 is 0 Å². The van der Waals surface area contributed by atoms with Crippen molar-refractivity contribution in [3.8, 4) is 11.5 Å². The third kappa shape index (κ3) is 4.81. The summed E-state index contributed by atoms with van der Waals surface area (Å²) in [6.07, 6.45) is 0. The van der Waals surface area contributed by atoms with Crippen molar-refractivity contribution in [3.63, 3.8) is 0 Å². The Labute approximate surface area is 146 Å². The molecule has 0 saturated carbocycles. The summed E-state index contributed by atoms with van der Waals surface area (Å²) in [5.41, 5.74) is 8.07. The molecular weight excluding hydrogens is 317 g/mol. The maximum absolute atomic E-state index is 13.8. The molecule has 0 bridgehead atoms. The van der Waals surface area contributed by atoms with Crippen molar-refractivity contribution in [3.05, 3.63) is 95.3 Å². The summed E-state index contributed by atoms with van der Waals surface area (Å²) in [5, 5.41) is 0. The van der Waals surface area contributed by atoms with Crippen molar-refractivity contribution in [1.82, 2.24) is 0 Å². The van der Waals surface area contributed by atoms with Crippen LogP contribution in [-0.2, 0) is 19.8 Å². The number of hydrogen-bond donors (Lipinski definition) is 1. The fraction of sp³-hybridized carbons (Fsp3) is 0.143. The van der Waals surface area contributed by atoms with Crippen molar-refractivity contribution < 1.29 is 13.9 Å². The lowest BCUT2D eigenvalue weighted by atomic mass is 10.1. The molecular formula is C21H20FNO2. The largest absolute Gasteiger partial charge is 0.489 e. The van der Waals surface area contributed by atoms with Crippen molar-refractivity contribution in [2.45, 2.75) is 19.8 Å². The monoisotopic (exact) mass is 337 g/mol. The van der Waals surface area contributed by atoms with Gasteiger partial charge in [-0.1, -0.05) is 36.4 Å². The van der Waals surface area contributed by atoms with E-state index in [1.807, 2.05) is 54.6 Å². The van der Waals surface area contributed by atoms with E-state index in [0.717, 1.165) is 16.9 Å². The molecule has 0 aliphatic heterocycles. The molecule has 0 unspecified atom stereocenters. The average Bonchev–Trinajstić information content (AvgIpc) is 2.67. The molecule has 0 saturated heterocycles. The molecule has 3 aromatic rings. The van der Waals surface area contributed by atoms with E-state index in [9.17, 15) is 4.39 Å². The maximum atomic E-state index is 13.8. The van der Waals surface area contributed by atoms with Crippen LogP contribution in [0.5, 0.6) is 11.5 Å². The predicted octanol–water partition coefficient (Wildman–Crippen LogP) is 4.44. The molecule has 4 heteroatoms. The molecule has 3 nitrogen and oxygen atoms in total. The maximum Gasteiger partial charge on any atom is 0.129 e. The third-order valence-corrected chi connectivity index (χ3v) is 3.81. The first-order valence-corrected chi connectivity index (χ1v) is 8.11. The molecule has 25 heavy (non-hydrogen) atoms. The quantitative estimate of drug-likeness (QED) is 0.693. The molecule has 128 valence electrons. The van der Waals surface area contributed by atoms with Crippen LogP contribution < -0.4 is 15.2 Å².